The van der Waals surface area contributed by atoms with Crippen LogP contribution < -0.4 is 4.90 Å². The minimum atomic E-state index is -0.568. The molecule has 5 rings (SSSR count). The first-order valence-electron chi connectivity index (χ1n) is 10.5. The number of hydrogen-bond donors (Lipinski definition) is 0. The van der Waals surface area contributed by atoms with Gasteiger partial charge in [-0.25, -0.2) is 18.7 Å². The summed E-state index contributed by atoms with van der Waals surface area (Å²) in [5.41, 5.74) is 2.79. The molecule has 4 aromatic rings. The second-order valence-electron chi connectivity index (χ2n) is 7.84. The van der Waals surface area contributed by atoms with Crippen LogP contribution in [0.25, 0.3) is 22.2 Å². The van der Waals surface area contributed by atoms with Gasteiger partial charge in [-0.15, -0.1) is 0 Å². The minimum Gasteiger partial charge on any atom is -0.378 e. The average molecular weight is 446 g/mol. The third-order valence-electron chi connectivity index (χ3n) is 5.88. The number of pyridine rings is 1. The highest BCUT2D eigenvalue weighted by atomic mass is 19.1. The van der Waals surface area contributed by atoms with Gasteiger partial charge in [0.2, 0.25) is 0 Å². The van der Waals surface area contributed by atoms with Crippen molar-refractivity contribution >= 4 is 22.4 Å². The Morgan fingerprint density at radius 2 is 1.82 bits per heavy atom. The monoisotopic (exact) mass is 446 g/mol. The number of anilines is 1. The maximum Gasteiger partial charge on any atom is 0.194 e. The summed E-state index contributed by atoms with van der Waals surface area (Å²) in [5.74, 6) is -1.52. The van der Waals surface area contributed by atoms with E-state index >= 15 is 0 Å². The summed E-state index contributed by atoms with van der Waals surface area (Å²) in [4.78, 5) is 27.7. The Kier molecular flexibility index (Phi) is 5.51. The highest BCUT2D eigenvalue weighted by Gasteiger charge is 2.19. The van der Waals surface area contributed by atoms with Crippen LogP contribution in [-0.2, 0) is 4.74 Å². The van der Waals surface area contributed by atoms with Gasteiger partial charge < -0.3 is 9.64 Å². The molecular weight excluding hydrogens is 426 g/mol. The maximum absolute atomic E-state index is 14.9. The van der Waals surface area contributed by atoms with Crippen LogP contribution in [-0.4, -0.2) is 47.0 Å². The lowest BCUT2D eigenvalue weighted by Crippen LogP contribution is -2.36. The lowest BCUT2D eigenvalue weighted by Gasteiger charge is -2.29. The molecule has 1 aliphatic rings. The van der Waals surface area contributed by atoms with Crippen LogP contribution >= 0.6 is 0 Å². The van der Waals surface area contributed by atoms with Crippen molar-refractivity contribution in [3.8, 4) is 11.3 Å². The van der Waals surface area contributed by atoms with E-state index < -0.39 is 17.4 Å². The zero-order valence-electron chi connectivity index (χ0n) is 17.9. The number of benzene rings is 2. The van der Waals surface area contributed by atoms with Crippen LogP contribution in [0.2, 0.25) is 0 Å². The minimum absolute atomic E-state index is 0.134. The van der Waals surface area contributed by atoms with Crippen molar-refractivity contribution in [2.75, 3.05) is 31.2 Å². The molecular formula is C25H20F2N4O2. The van der Waals surface area contributed by atoms with Crippen molar-refractivity contribution in [2.45, 2.75) is 6.92 Å². The third kappa shape index (κ3) is 3.93. The predicted molar refractivity (Wildman–Crippen MR) is 120 cm³/mol. The van der Waals surface area contributed by atoms with Gasteiger partial charge in [0.25, 0.3) is 0 Å². The fraction of sp³-hybridized carbons (Fsp3) is 0.200. The molecule has 8 heteroatoms. The Hall–Kier alpha value is -3.78. The summed E-state index contributed by atoms with van der Waals surface area (Å²) in [7, 11) is 0. The number of rotatable bonds is 4. The first-order chi connectivity index (χ1) is 16.0. The number of ketones is 1. The van der Waals surface area contributed by atoms with Gasteiger partial charge in [-0.1, -0.05) is 0 Å². The Balaban J connectivity index is 1.57. The molecule has 2 aromatic carbocycles. The molecule has 1 fully saturated rings. The van der Waals surface area contributed by atoms with E-state index in [2.05, 4.69) is 19.9 Å². The van der Waals surface area contributed by atoms with Crippen molar-refractivity contribution in [1.29, 1.82) is 0 Å². The maximum atomic E-state index is 14.9. The van der Waals surface area contributed by atoms with Gasteiger partial charge >= 0.3 is 0 Å². The van der Waals surface area contributed by atoms with Crippen LogP contribution in [0.3, 0.4) is 0 Å². The van der Waals surface area contributed by atoms with Gasteiger partial charge in [0, 0.05) is 47.1 Å². The van der Waals surface area contributed by atoms with E-state index in [9.17, 15) is 13.6 Å². The Morgan fingerprint density at radius 3 is 2.64 bits per heavy atom. The van der Waals surface area contributed by atoms with E-state index in [1.807, 2.05) is 18.2 Å². The summed E-state index contributed by atoms with van der Waals surface area (Å²) < 4.78 is 34.2. The quantitative estimate of drug-likeness (QED) is 0.435. The SMILES string of the molecule is Cc1c(F)cncc1C(=O)c1ccc(F)c(-c2ncnc3cc(N4CCOCC4)ccc23)c1. The molecule has 0 unspecified atom stereocenters. The molecule has 33 heavy (non-hydrogen) atoms. The average Bonchev–Trinajstić information content (AvgIpc) is 2.85. The molecule has 0 atom stereocenters. The van der Waals surface area contributed by atoms with Crippen LogP contribution in [0.4, 0.5) is 14.5 Å². The van der Waals surface area contributed by atoms with Gasteiger partial charge in [-0.3, -0.25) is 9.78 Å². The number of hydrogen-bond acceptors (Lipinski definition) is 6. The van der Waals surface area contributed by atoms with E-state index in [1.165, 1.54) is 37.6 Å². The molecule has 0 bridgehead atoms. The molecule has 0 saturated carbocycles. The van der Waals surface area contributed by atoms with Crippen LogP contribution in [0.15, 0.2) is 55.1 Å². The van der Waals surface area contributed by atoms with E-state index in [-0.39, 0.29) is 22.3 Å². The Morgan fingerprint density at radius 1 is 1.00 bits per heavy atom. The van der Waals surface area contributed by atoms with Crippen molar-refractivity contribution in [3.05, 3.63) is 83.4 Å². The van der Waals surface area contributed by atoms with E-state index in [4.69, 9.17) is 4.74 Å². The fourth-order valence-electron chi connectivity index (χ4n) is 4.01. The smallest absolute Gasteiger partial charge is 0.194 e. The molecule has 3 heterocycles. The molecule has 0 aliphatic carbocycles. The largest absolute Gasteiger partial charge is 0.378 e. The molecule has 0 amide bonds. The summed E-state index contributed by atoms with van der Waals surface area (Å²) in [5, 5.41) is 0.668. The topological polar surface area (TPSA) is 68.2 Å². The van der Waals surface area contributed by atoms with E-state index in [0.717, 1.165) is 25.0 Å². The number of aromatic nitrogens is 3. The van der Waals surface area contributed by atoms with Crippen LogP contribution in [0, 0.1) is 18.6 Å². The first-order valence-corrected chi connectivity index (χ1v) is 10.5. The second kappa shape index (κ2) is 8.63. The summed E-state index contributed by atoms with van der Waals surface area (Å²) in [6, 6.07) is 9.81. The highest BCUT2D eigenvalue weighted by Crippen LogP contribution is 2.31. The normalized spacial score (nSPS) is 14.0. The van der Waals surface area contributed by atoms with E-state index in [1.54, 1.807) is 0 Å². The lowest BCUT2D eigenvalue weighted by atomic mass is 9.97. The molecule has 1 aliphatic heterocycles. The Bertz CT molecular complexity index is 1370. The van der Waals surface area contributed by atoms with Crippen molar-refractivity contribution in [2.24, 2.45) is 0 Å². The number of ether oxygens (including phenoxy) is 1. The summed E-state index contributed by atoms with van der Waals surface area (Å²) in [6.45, 7) is 4.42. The van der Waals surface area contributed by atoms with Gasteiger partial charge in [-0.05, 0) is 48.9 Å². The predicted octanol–water partition coefficient (Wildman–Crippen LogP) is 4.35. The number of fused-ring (bicyclic) bond motifs is 1. The number of nitrogens with zero attached hydrogens (tertiary/aromatic N) is 4. The van der Waals surface area contributed by atoms with Gasteiger partial charge in [0.05, 0.1) is 30.6 Å². The molecule has 0 spiro atoms. The number of halogens is 2. The second-order valence-corrected chi connectivity index (χ2v) is 7.84. The first kappa shape index (κ1) is 21.1. The molecule has 166 valence electrons. The summed E-state index contributed by atoms with van der Waals surface area (Å²) >= 11 is 0. The number of carbonyl (C=O) groups is 1. The molecule has 6 nitrogen and oxygen atoms in total. The zero-order valence-corrected chi connectivity index (χ0v) is 17.9. The third-order valence-corrected chi connectivity index (χ3v) is 5.88. The van der Waals surface area contributed by atoms with Crippen LogP contribution in [0.1, 0.15) is 21.5 Å². The molecule has 1 saturated heterocycles. The van der Waals surface area contributed by atoms with Crippen molar-refractivity contribution < 1.29 is 18.3 Å². The lowest BCUT2D eigenvalue weighted by molar-refractivity contribution is 0.103. The highest BCUT2D eigenvalue weighted by molar-refractivity contribution is 6.10. The van der Waals surface area contributed by atoms with Gasteiger partial charge in [0.1, 0.15) is 18.0 Å². The van der Waals surface area contributed by atoms with Crippen molar-refractivity contribution in [1.82, 2.24) is 15.0 Å². The molecule has 2 aromatic heterocycles. The Labute approximate surface area is 188 Å². The van der Waals surface area contributed by atoms with Gasteiger partial charge in [-0.2, -0.15) is 0 Å². The number of carbonyl (C=O) groups excluding carboxylic acids is 1. The fourth-order valence-corrected chi connectivity index (χ4v) is 4.01. The van der Waals surface area contributed by atoms with E-state index in [0.29, 0.717) is 29.8 Å². The standard InChI is InChI=1S/C25H20F2N4O2/c1-15-20(12-28-13-22(15)27)25(32)16-2-5-21(26)19(10-16)24-18-4-3-17(11-23(18)29-14-30-24)31-6-8-33-9-7-31/h2-5,10-14H,6-9H2,1H3. The molecule has 0 N–H and O–H groups in total. The number of morpholine rings is 1. The summed E-state index contributed by atoms with van der Waals surface area (Å²) in [6.07, 6.45) is 3.76. The van der Waals surface area contributed by atoms with Gasteiger partial charge in [0.15, 0.2) is 5.78 Å². The zero-order chi connectivity index (χ0) is 22.9. The van der Waals surface area contributed by atoms with Crippen LogP contribution in [0.5, 0.6) is 0 Å². The molecule has 0 radical (unpaired) electrons. The van der Waals surface area contributed by atoms with Crippen molar-refractivity contribution in [3.63, 3.8) is 0 Å².